The lowest BCUT2D eigenvalue weighted by Crippen LogP contribution is -2.41. The van der Waals surface area contributed by atoms with Crippen molar-refractivity contribution in [1.82, 2.24) is 4.31 Å². The molecule has 1 fully saturated rings. The van der Waals surface area contributed by atoms with Gasteiger partial charge in [-0.05, 0) is 48.7 Å². The molecule has 1 N–H and O–H groups in total. The number of hydrogen-bond donors (Lipinski definition) is 1. The third-order valence-electron chi connectivity index (χ3n) is 5.12. The van der Waals surface area contributed by atoms with Gasteiger partial charge in [0.25, 0.3) is 0 Å². The van der Waals surface area contributed by atoms with E-state index in [-0.39, 0.29) is 41.3 Å². The first-order valence-corrected chi connectivity index (χ1v) is 11.6. The second-order valence-electron chi connectivity index (χ2n) is 7.23. The molecule has 1 heterocycles. The van der Waals surface area contributed by atoms with Crippen molar-refractivity contribution in [1.29, 1.82) is 0 Å². The van der Waals surface area contributed by atoms with Crippen molar-refractivity contribution >= 4 is 39.2 Å². The van der Waals surface area contributed by atoms with Gasteiger partial charge >= 0.3 is 5.97 Å². The standard InChI is InChI=1S/C21H22ClFN2O5S/c1-30-21(27)18-12-17(6-7-19(18)22)24-20(26)15-8-10-25(11-9-15)31(28,29)13-14-2-4-16(23)5-3-14/h2-7,12,15H,8-11,13H2,1H3,(H,24,26). The zero-order chi connectivity index (χ0) is 22.6. The van der Waals surface area contributed by atoms with Crippen molar-refractivity contribution in [3.8, 4) is 0 Å². The van der Waals surface area contributed by atoms with Crippen molar-refractivity contribution in [2.24, 2.45) is 5.92 Å². The molecule has 0 unspecified atom stereocenters. The number of hydrogen-bond acceptors (Lipinski definition) is 5. The van der Waals surface area contributed by atoms with E-state index in [1.54, 1.807) is 6.07 Å². The lowest BCUT2D eigenvalue weighted by atomic mass is 9.97. The molecule has 166 valence electrons. The summed E-state index contributed by atoms with van der Waals surface area (Å²) in [6, 6.07) is 9.86. The predicted molar refractivity (Wildman–Crippen MR) is 115 cm³/mol. The van der Waals surface area contributed by atoms with Gasteiger partial charge in [0, 0.05) is 24.7 Å². The number of piperidine rings is 1. The van der Waals surface area contributed by atoms with Gasteiger partial charge in [0.2, 0.25) is 15.9 Å². The maximum Gasteiger partial charge on any atom is 0.339 e. The number of carbonyl (C=O) groups is 2. The molecule has 10 heteroatoms. The Hall–Kier alpha value is -2.49. The largest absolute Gasteiger partial charge is 0.465 e. The zero-order valence-corrected chi connectivity index (χ0v) is 18.4. The van der Waals surface area contributed by atoms with Gasteiger partial charge in [-0.2, -0.15) is 0 Å². The summed E-state index contributed by atoms with van der Waals surface area (Å²) in [6.45, 7) is 0.436. The second-order valence-corrected chi connectivity index (χ2v) is 9.61. The minimum atomic E-state index is -3.57. The highest BCUT2D eigenvalue weighted by molar-refractivity contribution is 7.88. The molecule has 0 aromatic heterocycles. The highest BCUT2D eigenvalue weighted by Gasteiger charge is 2.31. The molecule has 1 saturated heterocycles. The van der Waals surface area contributed by atoms with Crippen LogP contribution in [0.1, 0.15) is 28.8 Å². The van der Waals surface area contributed by atoms with Crippen LogP contribution in [0.4, 0.5) is 10.1 Å². The number of benzene rings is 2. The van der Waals surface area contributed by atoms with E-state index >= 15 is 0 Å². The Labute approximate surface area is 185 Å². The Morgan fingerprint density at radius 1 is 1.16 bits per heavy atom. The highest BCUT2D eigenvalue weighted by atomic mass is 35.5. The number of rotatable bonds is 6. The van der Waals surface area contributed by atoms with E-state index in [9.17, 15) is 22.4 Å². The van der Waals surface area contributed by atoms with Gasteiger partial charge in [-0.15, -0.1) is 0 Å². The molecule has 31 heavy (non-hydrogen) atoms. The smallest absolute Gasteiger partial charge is 0.339 e. The van der Waals surface area contributed by atoms with Gasteiger partial charge in [0.05, 0.1) is 23.4 Å². The van der Waals surface area contributed by atoms with Crippen LogP contribution in [-0.4, -0.2) is 44.8 Å². The first-order valence-electron chi connectivity index (χ1n) is 9.60. The van der Waals surface area contributed by atoms with Crippen LogP contribution < -0.4 is 5.32 Å². The van der Waals surface area contributed by atoms with Crippen LogP contribution >= 0.6 is 11.6 Å². The molecule has 1 aliphatic heterocycles. The molecule has 2 aromatic carbocycles. The van der Waals surface area contributed by atoms with E-state index in [0.717, 1.165) is 0 Å². The molecule has 3 rings (SSSR count). The summed E-state index contributed by atoms with van der Waals surface area (Å²) in [7, 11) is -2.33. The number of carbonyl (C=O) groups excluding carboxylic acids is 2. The fraction of sp³-hybridized carbons (Fsp3) is 0.333. The number of methoxy groups -OCH3 is 1. The van der Waals surface area contributed by atoms with E-state index in [1.165, 1.54) is 47.8 Å². The summed E-state index contributed by atoms with van der Waals surface area (Å²) >= 11 is 5.99. The minimum absolute atomic E-state index is 0.142. The van der Waals surface area contributed by atoms with Crippen LogP contribution in [-0.2, 0) is 25.3 Å². The third kappa shape index (κ3) is 5.81. The van der Waals surface area contributed by atoms with Crippen LogP contribution in [0.25, 0.3) is 0 Å². The number of halogens is 2. The van der Waals surface area contributed by atoms with E-state index in [1.807, 2.05) is 0 Å². The topological polar surface area (TPSA) is 92.8 Å². The van der Waals surface area contributed by atoms with Crippen molar-refractivity contribution < 1.29 is 27.1 Å². The SMILES string of the molecule is COC(=O)c1cc(NC(=O)C2CCN(S(=O)(=O)Cc3ccc(F)cc3)CC2)ccc1Cl. The Kier molecular flexibility index (Phi) is 7.30. The Morgan fingerprint density at radius 3 is 2.42 bits per heavy atom. The van der Waals surface area contributed by atoms with E-state index in [0.29, 0.717) is 24.1 Å². The third-order valence-corrected chi connectivity index (χ3v) is 7.30. The van der Waals surface area contributed by atoms with E-state index in [4.69, 9.17) is 11.6 Å². The number of esters is 1. The van der Waals surface area contributed by atoms with Crippen LogP contribution in [0, 0.1) is 11.7 Å². The molecule has 1 aliphatic rings. The molecular formula is C21H22ClFN2O5S. The summed E-state index contributed by atoms with van der Waals surface area (Å²) in [5.74, 6) is -1.87. The first-order chi connectivity index (χ1) is 14.7. The van der Waals surface area contributed by atoms with Gasteiger partial charge in [0.15, 0.2) is 0 Å². The number of nitrogens with one attached hydrogen (secondary N) is 1. The molecule has 0 spiro atoms. The highest BCUT2D eigenvalue weighted by Crippen LogP contribution is 2.25. The fourth-order valence-corrected chi connectivity index (χ4v) is 5.15. The summed E-state index contributed by atoms with van der Waals surface area (Å²) in [5, 5.41) is 2.96. The predicted octanol–water partition coefficient (Wildman–Crippen LogP) is 3.45. The fourth-order valence-electron chi connectivity index (χ4n) is 3.39. The van der Waals surface area contributed by atoms with Crippen LogP contribution in [0.5, 0.6) is 0 Å². The molecule has 1 amide bonds. The lowest BCUT2D eigenvalue weighted by Gasteiger charge is -2.30. The summed E-state index contributed by atoms with van der Waals surface area (Å²) in [4.78, 5) is 24.4. The van der Waals surface area contributed by atoms with Gasteiger partial charge in [-0.25, -0.2) is 21.9 Å². The van der Waals surface area contributed by atoms with Crippen molar-refractivity contribution in [2.45, 2.75) is 18.6 Å². The second kappa shape index (κ2) is 9.76. The quantitative estimate of drug-likeness (QED) is 0.655. The number of sulfonamides is 1. The Morgan fingerprint density at radius 2 is 1.81 bits per heavy atom. The van der Waals surface area contributed by atoms with Crippen LogP contribution in [0.3, 0.4) is 0 Å². The molecule has 0 bridgehead atoms. The van der Waals surface area contributed by atoms with Crippen molar-refractivity contribution in [3.05, 3.63) is 64.4 Å². The summed E-state index contributed by atoms with van der Waals surface area (Å²) < 4.78 is 44.3. The maximum atomic E-state index is 13.0. The molecule has 0 atom stereocenters. The van der Waals surface area contributed by atoms with Crippen molar-refractivity contribution in [2.75, 3.05) is 25.5 Å². The van der Waals surface area contributed by atoms with E-state index < -0.39 is 21.8 Å². The Bertz CT molecular complexity index is 1070. The zero-order valence-electron chi connectivity index (χ0n) is 16.8. The number of ether oxygens (including phenoxy) is 1. The molecule has 2 aromatic rings. The van der Waals surface area contributed by atoms with Gasteiger partial charge in [-0.3, -0.25) is 4.79 Å². The van der Waals surface area contributed by atoms with E-state index in [2.05, 4.69) is 10.1 Å². The normalized spacial score (nSPS) is 15.5. The number of amides is 1. The Balaban J connectivity index is 1.58. The summed E-state index contributed by atoms with van der Waals surface area (Å²) in [5.41, 5.74) is 1.05. The summed E-state index contributed by atoms with van der Waals surface area (Å²) in [6.07, 6.45) is 0.734. The van der Waals surface area contributed by atoms with Crippen LogP contribution in [0.15, 0.2) is 42.5 Å². The van der Waals surface area contributed by atoms with Crippen molar-refractivity contribution in [3.63, 3.8) is 0 Å². The molecule has 0 saturated carbocycles. The molecule has 7 nitrogen and oxygen atoms in total. The number of nitrogens with zero attached hydrogens (tertiary/aromatic N) is 1. The minimum Gasteiger partial charge on any atom is -0.465 e. The maximum absolute atomic E-state index is 13.0. The van der Waals surface area contributed by atoms with Gasteiger partial charge < -0.3 is 10.1 Å². The van der Waals surface area contributed by atoms with Gasteiger partial charge in [0.1, 0.15) is 5.82 Å². The lowest BCUT2D eigenvalue weighted by molar-refractivity contribution is -0.120. The monoisotopic (exact) mass is 468 g/mol. The molecule has 0 aliphatic carbocycles. The first kappa shape index (κ1) is 23.2. The average molecular weight is 469 g/mol. The van der Waals surface area contributed by atoms with Gasteiger partial charge in [-0.1, -0.05) is 23.7 Å². The molecular weight excluding hydrogens is 447 g/mol. The molecule has 0 radical (unpaired) electrons. The van der Waals surface area contributed by atoms with Crippen LogP contribution in [0.2, 0.25) is 5.02 Å². The number of anilines is 1. The average Bonchev–Trinajstić information content (AvgIpc) is 2.76.